The molecule has 0 aliphatic carbocycles. The maximum atomic E-state index is 2.32. The van der Waals surface area contributed by atoms with E-state index in [9.17, 15) is 0 Å². The van der Waals surface area contributed by atoms with Crippen molar-refractivity contribution in [1.82, 2.24) is 0 Å². The summed E-state index contributed by atoms with van der Waals surface area (Å²) in [6.45, 7) is 6.97. The van der Waals surface area contributed by atoms with Crippen LogP contribution in [-0.2, 0) is 0 Å². The van der Waals surface area contributed by atoms with Crippen LogP contribution in [0.1, 0.15) is 117 Å². The van der Waals surface area contributed by atoms with Crippen LogP contribution in [0.5, 0.6) is 0 Å². The van der Waals surface area contributed by atoms with Gasteiger partial charge in [-0.3, -0.25) is 0 Å². The van der Waals surface area contributed by atoms with Crippen LogP contribution in [0.25, 0.3) is 0 Å². The van der Waals surface area contributed by atoms with E-state index in [0.717, 1.165) is 5.04 Å². The molecule has 0 radical (unpaired) electrons. The first-order chi connectivity index (χ1) is 9.68. The molecule has 0 rings (SSSR count). The minimum atomic E-state index is 0.787. The fourth-order valence-electron chi connectivity index (χ4n) is 3.31. The van der Waals surface area contributed by atoms with Gasteiger partial charge < -0.3 is 0 Å². The third-order valence-corrected chi connectivity index (χ3v) is 6.40. The van der Waals surface area contributed by atoms with Crippen molar-refractivity contribution in [1.29, 1.82) is 0 Å². The molecule has 0 fully saturated rings. The Labute approximate surface area is 132 Å². The Morgan fingerprint density at radius 3 is 1.05 bits per heavy atom. The van der Waals surface area contributed by atoms with E-state index in [1.165, 1.54) is 107 Å². The SMILES string of the molecule is CCCCCCC([SiH3])(CCCCCC)CCCCCC. The van der Waals surface area contributed by atoms with Gasteiger partial charge >= 0.3 is 0 Å². The van der Waals surface area contributed by atoms with Crippen molar-refractivity contribution >= 4 is 10.2 Å². The highest BCUT2D eigenvalue weighted by molar-refractivity contribution is 6.15. The second-order valence-electron chi connectivity index (χ2n) is 7.24. The summed E-state index contributed by atoms with van der Waals surface area (Å²) in [5.74, 6) is 0. The van der Waals surface area contributed by atoms with Crippen LogP contribution in [0.4, 0.5) is 0 Å². The minimum Gasteiger partial charge on any atom is -0.0654 e. The fourth-order valence-corrected chi connectivity index (χ4v) is 4.37. The monoisotopic (exact) mass is 298 g/mol. The number of hydrogen-bond acceptors (Lipinski definition) is 0. The van der Waals surface area contributed by atoms with E-state index in [0.29, 0.717) is 0 Å². The molecule has 0 aromatic rings. The zero-order chi connectivity index (χ0) is 15.1. The molecule has 0 unspecified atom stereocenters. The van der Waals surface area contributed by atoms with Crippen molar-refractivity contribution in [3.63, 3.8) is 0 Å². The Balaban J connectivity index is 3.98. The van der Waals surface area contributed by atoms with Gasteiger partial charge in [0.15, 0.2) is 0 Å². The predicted octanol–water partition coefficient (Wildman–Crippen LogP) is 6.42. The largest absolute Gasteiger partial charge is 0.0654 e. The number of unbranched alkanes of at least 4 members (excludes halogenated alkanes) is 9. The summed E-state index contributed by atoms with van der Waals surface area (Å²) in [4.78, 5) is 0. The Bertz CT molecular complexity index is 157. The molecular formula is C19H42Si. The second kappa shape index (κ2) is 14.2. The van der Waals surface area contributed by atoms with Gasteiger partial charge in [0, 0.05) is 10.2 Å². The van der Waals surface area contributed by atoms with Crippen LogP contribution in [0.2, 0.25) is 5.04 Å². The third kappa shape index (κ3) is 12.0. The van der Waals surface area contributed by atoms with Crippen LogP contribution < -0.4 is 0 Å². The van der Waals surface area contributed by atoms with E-state index in [1.54, 1.807) is 0 Å². The fraction of sp³-hybridized carbons (Fsp3) is 1.00. The molecule has 0 aliphatic rings. The molecule has 0 aromatic carbocycles. The molecule has 0 nitrogen and oxygen atoms in total. The van der Waals surface area contributed by atoms with Gasteiger partial charge in [-0.05, 0) is 5.04 Å². The molecule has 0 saturated carbocycles. The Hall–Kier alpha value is 0.217. The Morgan fingerprint density at radius 2 is 0.800 bits per heavy atom. The van der Waals surface area contributed by atoms with Gasteiger partial charge in [-0.1, -0.05) is 117 Å². The molecular weight excluding hydrogens is 256 g/mol. The number of rotatable bonds is 15. The van der Waals surface area contributed by atoms with Gasteiger partial charge in [-0.25, -0.2) is 0 Å². The molecule has 0 N–H and O–H groups in total. The zero-order valence-electron chi connectivity index (χ0n) is 15.1. The summed E-state index contributed by atoms with van der Waals surface area (Å²) in [7, 11) is 1.42. The summed E-state index contributed by atoms with van der Waals surface area (Å²) in [5, 5.41) is 0.787. The highest BCUT2D eigenvalue weighted by Gasteiger charge is 2.22. The van der Waals surface area contributed by atoms with E-state index in [-0.39, 0.29) is 0 Å². The topological polar surface area (TPSA) is 0 Å². The van der Waals surface area contributed by atoms with E-state index < -0.39 is 0 Å². The Morgan fingerprint density at radius 1 is 0.500 bits per heavy atom. The van der Waals surface area contributed by atoms with E-state index in [1.807, 2.05) is 0 Å². The highest BCUT2D eigenvalue weighted by Crippen LogP contribution is 2.40. The molecule has 0 atom stereocenters. The molecule has 122 valence electrons. The highest BCUT2D eigenvalue weighted by atomic mass is 28.1. The lowest BCUT2D eigenvalue weighted by atomic mass is 9.88. The molecule has 0 aliphatic heterocycles. The van der Waals surface area contributed by atoms with Gasteiger partial charge in [-0.15, -0.1) is 0 Å². The van der Waals surface area contributed by atoms with Gasteiger partial charge in [0.05, 0.1) is 0 Å². The van der Waals surface area contributed by atoms with Crippen molar-refractivity contribution in [3.05, 3.63) is 0 Å². The van der Waals surface area contributed by atoms with Crippen LogP contribution in [0, 0.1) is 0 Å². The standard InChI is InChI=1S/C19H42Si/c1-4-7-10-13-16-19(20,17-14-11-8-5-2)18-15-12-9-6-3/h4-18H2,1-3,20H3. The first kappa shape index (κ1) is 20.2. The van der Waals surface area contributed by atoms with Gasteiger partial charge in [-0.2, -0.15) is 0 Å². The van der Waals surface area contributed by atoms with Crippen molar-refractivity contribution in [2.75, 3.05) is 0 Å². The van der Waals surface area contributed by atoms with E-state index in [4.69, 9.17) is 0 Å². The summed E-state index contributed by atoms with van der Waals surface area (Å²) >= 11 is 0. The van der Waals surface area contributed by atoms with Crippen molar-refractivity contribution in [2.45, 2.75) is 122 Å². The van der Waals surface area contributed by atoms with Crippen molar-refractivity contribution < 1.29 is 0 Å². The lowest BCUT2D eigenvalue weighted by Crippen LogP contribution is -2.13. The molecule has 0 heterocycles. The lowest BCUT2D eigenvalue weighted by Gasteiger charge is -2.30. The molecule has 0 aromatic heterocycles. The average Bonchev–Trinajstić information content (AvgIpc) is 2.45. The third-order valence-electron chi connectivity index (χ3n) is 4.90. The lowest BCUT2D eigenvalue weighted by molar-refractivity contribution is 0.388. The van der Waals surface area contributed by atoms with Gasteiger partial charge in [0.25, 0.3) is 0 Å². The van der Waals surface area contributed by atoms with Crippen LogP contribution in [0.3, 0.4) is 0 Å². The quantitative estimate of drug-likeness (QED) is 0.242. The zero-order valence-corrected chi connectivity index (χ0v) is 17.1. The molecule has 0 saturated heterocycles. The van der Waals surface area contributed by atoms with Crippen molar-refractivity contribution in [2.24, 2.45) is 0 Å². The molecule has 0 spiro atoms. The van der Waals surface area contributed by atoms with Crippen LogP contribution in [0.15, 0.2) is 0 Å². The molecule has 20 heavy (non-hydrogen) atoms. The first-order valence-electron chi connectivity index (χ1n) is 9.68. The summed E-state index contributed by atoms with van der Waals surface area (Å²) in [5.41, 5.74) is 0. The van der Waals surface area contributed by atoms with Gasteiger partial charge in [0.1, 0.15) is 0 Å². The van der Waals surface area contributed by atoms with E-state index in [2.05, 4.69) is 20.8 Å². The average molecular weight is 299 g/mol. The number of hydrogen-bond donors (Lipinski definition) is 0. The van der Waals surface area contributed by atoms with Gasteiger partial charge in [0.2, 0.25) is 0 Å². The summed E-state index contributed by atoms with van der Waals surface area (Å²) in [6, 6.07) is 0. The molecule has 1 heteroatoms. The summed E-state index contributed by atoms with van der Waals surface area (Å²) < 4.78 is 0. The molecule has 0 amide bonds. The maximum absolute atomic E-state index is 2.32. The van der Waals surface area contributed by atoms with Crippen molar-refractivity contribution in [3.8, 4) is 0 Å². The maximum Gasteiger partial charge on any atom is 0.0106 e. The minimum absolute atomic E-state index is 0.787. The normalized spacial score (nSPS) is 12.2. The predicted molar refractivity (Wildman–Crippen MR) is 98.9 cm³/mol. The van der Waals surface area contributed by atoms with Crippen LogP contribution >= 0.6 is 0 Å². The first-order valence-corrected chi connectivity index (χ1v) is 10.7. The second-order valence-corrected chi connectivity index (χ2v) is 9.36. The van der Waals surface area contributed by atoms with Crippen LogP contribution in [-0.4, -0.2) is 10.2 Å². The Kier molecular flexibility index (Phi) is 14.3. The molecule has 0 bridgehead atoms. The smallest absolute Gasteiger partial charge is 0.0106 e. The summed E-state index contributed by atoms with van der Waals surface area (Å²) in [6.07, 6.45) is 22.0. The van der Waals surface area contributed by atoms with E-state index >= 15 is 0 Å².